The van der Waals surface area contributed by atoms with Crippen molar-refractivity contribution in [2.45, 2.75) is 9.79 Å². The molecule has 0 bridgehead atoms. The molecule has 14 heteroatoms. The first-order chi connectivity index (χ1) is 22.5. The van der Waals surface area contributed by atoms with Gasteiger partial charge in [0, 0.05) is 20.9 Å². The molecule has 0 amide bonds. The molecule has 0 spiro atoms. The van der Waals surface area contributed by atoms with Gasteiger partial charge >= 0.3 is 0 Å². The third kappa shape index (κ3) is 7.11. The number of aromatic nitrogens is 6. The zero-order valence-corrected chi connectivity index (χ0v) is 25.4. The van der Waals surface area contributed by atoms with Crippen molar-refractivity contribution in [3.05, 3.63) is 108 Å². The van der Waals surface area contributed by atoms with Crippen molar-refractivity contribution in [2.24, 2.45) is 0 Å². The van der Waals surface area contributed by atoms with Crippen LogP contribution in [0.4, 0.5) is 35.2 Å². The van der Waals surface area contributed by atoms with E-state index in [9.17, 15) is 10.5 Å². The molecule has 0 aliphatic carbocycles. The van der Waals surface area contributed by atoms with E-state index in [0.29, 0.717) is 33.9 Å². The van der Waals surface area contributed by atoms with Crippen LogP contribution in [0.1, 0.15) is 11.1 Å². The van der Waals surface area contributed by atoms with E-state index in [1.54, 1.807) is 36.4 Å². The van der Waals surface area contributed by atoms with Gasteiger partial charge in [-0.2, -0.15) is 40.4 Å². The maximum atomic E-state index is 9.28. The van der Waals surface area contributed by atoms with Crippen LogP contribution in [0.15, 0.2) is 107 Å². The number of anilines is 6. The summed E-state index contributed by atoms with van der Waals surface area (Å²) in [6.45, 7) is 0. The highest BCUT2D eigenvalue weighted by Crippen LogP contribution is 2.44. The molecule has 0 saturated carbocycles. The number of nitriles is 2. The number of hydrogen-bond acceptors (Lipinski definition) is 14. The van der Waals surface area contributed by atoms with E-state index in [1.165, 1.54) is 21.6 Å². The molecule has 12 nitrogen and oxygen atoms in total. The Morgan fingerprint density at radius 2 is 0.957 bits per heavy atom. The van der Waals surface area contributed by atoms with E-state index < -0.39 is 0 Å². The van der Waals surface area contributed by atoms with Crippen molar-refractivity contribution in [2.75, 3.05) is 22.1 Å². The smallest absolute Gasteiger partial charge is 0.232 e. The molecule has 6 N–H and O–H groups in total. The van der Waals surface area contributed by atoms with Gasteiger partial charge in [-0.1, -0.05) is 70.1 Å². The van der Waals surface area contributed by atoms with E-state index in [4.69, 9.17) is 11.5 Å². The van der Waals surface area contributed by atoms with Gasteiger partial charge in [0.05, 0.1) is 34.6 Å². The number of nitrogen functional groups attached to an aromatic ring is 2. The number of rotatable bonds is 9. The van der Waals surface area contributed by atoms with Gasteiger partial charge in [0.25, 0.3) is 0 Å². The lowest BCUT2D eigenvalue weighted by Gasteiger charge is -2.13. The lowest BCUT2D eigenvalue weighted by atomic mass is 10.1. The summed E-state index contributed by atoms with van der Waals surface area (Å²) in [6, 6.07) is 33.7. The van der Waals surface area contributed by atoms with E-state index in [2.05, 4.69) is 52.7 Å². The summed E-state index contributed by atoms with van der Waals surface area (Å²) in [6.07, 6.45) is 0. The molecular weight excluding hydrogens is 617 g/mol. The second kappa shape index (κ2) is 13.6. The van der Waals surface area contributed by atoms with E-state index in [-0.39, 0.29) is 23.8 Å². The first-order valence-electron chi connectivity index (χ1n) is 13.6. The average Bonchev–Trinajstić information content (AvgIpc) is 3.08. The van der Waals surface area contributed by atoms with Crippen LogP contribution in [0.2, 0.25) is 0 Å². The zero-order valence-electron chi connectivity index (χ0n) is 23.8. The Morgan fingerprint density at radius 3 is 1.39 bits per heavy atom. The van der Waals surface area contributed by atoms with Crippen molar-refractivity contribution >= 4 is 56.8 Å². The minimum atomic E-state index is 0.0502. The van der Waals surface area contributed by atoms with Crippen LogP contribution >= 0.6 is 21.6 Å². The first kappa shape index (κ1) is 29.8. The molecule has 2 aromatic heterocycles. The molecule has 0 aliphatic rings. The van der Waals surface area contributed by atoms with Gasteiger partial charge in [0.15, 0.2) is 11.6 Å². The third-order valence-electron chi connectivity index (χ3n) is 6.29. The van der Waals surface area contributed by atoms with Gasteiger partial charge in [-0.15, -0.1) is 0 Å². The van der Waals surface area contributed by atoms with Crippen LogP contribution in [-0.4, -0.2) is 29.9 Å². The second-order valence-corrected chi connectivity index (χ2v) is 11.7. The predicted octanol–water partition coefficient (Wildman–Crippen LogP) is 6.58. The standard InChI is InChI=1S/C32H22N12S2/c33-17-19-7-5-9-21(15-19)27-39-29(35)43-31(41-27)37-23-11-1-3-13-25(23)45-46-26-14-4-2-12-24(26)38-32-42-28(40-30(36)44-32)22-10-6-8-20(16-22)18-34/h1-16H,(H3,35,37,39,41,43)(H3,36,38,40,42,44). The van der Waals surface area contributed by atoms with Crippen molar-refractivity contribution < 1.29 is 0 Å². The van der Waals surface area contributed by atoms with Gasteiger partial charge in [0.2, 0.25) is 23.8 Å². The molecule has 2 heterocycles. The summed E-state index contributed by atoms with van der Waals surface area (Å²) in [5.41, 5.74) is 15.9. The fourth-order valence-corrected chi connectivity index (χ4v) is 6.50. The molecule has 0 atom stereocenters. The summed E-state index contributed by atoms with van der Waals surface area (Å²) in [4.78, 5) is 28.0. The SMILES string of the molecule is N#Cc1cccc(-c2nc(N)nc(Nc3ccccc3SSc3ccccc3Nc3nc(N)nc(-c4cccc(C#N)c4)n3)n2)c1. The largest absolute Gasteiger partial charge is 0.368 e. The quantitative estimate of drug-likeness (QED) is 0.124. The summed E-state index contributed by atoms with van der Waals surface area (Å²) < 4.78 is 0. The van der Waals surface area contributed by atoms with Gasteiger partial charge < -0.3 is 22.1 Å². The van der Waals surface area contributed by atoms with E-state index >= 15 is 0 Å². The molecule has 0 aliphatic heterocycles. The molecule has 4 aromatic carbocycles. The molecule has 6 rings (SSSR count). The number of nitrogens with one attached hydrogen (secondary N) is 2. The molecule has 0 radical (unpaired) electrons. The monoisotopic (exact) mass is 638 g/mol. The summed E-state index contributed by atoms with van der Waals surface area (Å²) in [7, 11) is 3.06. The lowest BCUT2D eigenvalue weighted by Crippen LogP contribution is -2.05. The van der Waals surface area contributed by atoms with Crippen molar-refractivity contribution in [3.63, 3.8) is 0 Å². The van der Waals surface area contributed by atoms with Crippen molar-refractivity contribution in [1.82, 2.24) is 29.9 Å². The molecular formula is C32H22N12S2. The van der Waals surface area contributed by atoms with Crippen molar-refractivity contribution in [3.8, 4) is 34.9 Å². The summed E-state index contributed by atoms with van der Waals surface area (Å²) in [5, 5.41) is 25.1. The second-order valence-electron chi connectivity index (χ2n) is 9.48. The maximum Gasteiger partial charge on any atom is 0.232 e. The lowest BCUT2D eigenvalue weighted by molar-refractivity contribution is 1.07. The highest BCUT2D eigenvalue weighted by atomic mass is 33.1. The Labute approximate surface area is 271 Å². The van der Waals surface area contributed by atoms with Gasteiger partial charge in [-0.05, 0) is 48.5 Å². The van der Waals surface area contributed by atoms with Crippen LogP contribution in [0.5, 0.6) is 0 Å². The molecule has 6 aromatic rings. The van der Waals surface area contributed by atoms with Gasteiger partial charge in [0.1, 0.15) is 0 Å². The van der Waals surface area contributed by atoms with Crippen LogP contribution < -0.4 is 22.1 Å². The third-order valence-corrected chi connectivity index (χ3v) is 8.78. The Balaban J connectivity index is 1.21. The Kier molecular flexibility index (Phi) is 8.83. The van der Waals surface area contributed by atoms with Crippen molar-refractivity contribution in [1.29, 1.82) is 10.5 Å². The summed E-state index contributed by atoms with van der Waals surface area (Å²) >= 11 is 0. The van der Waals surface area contributed by atoms with E-state index in [0.717, 1.165) is 21.2 Å². The van der Waals surface area contributed by atoms with Crippen LogP contribution in [-0.2, 0) is 0 Å². The van der Waals surface area contributed by atoms with Crippen LogP contribution in [0.3, 0.4) is 0 Å². The number of para-hydroxylation sites is 2. The number of nitrogens with zero attached hydrogens (tertiary/aromatic N) is 8. The minimum Gasteiger partial charge on any atom is -0.368 e. The average molecular weight is 639 g/mol. The predicted molar refractivity (Wildman–Crippen MR) is 180 cm³/mol. The normalized spacial score (nSPS) is 10.5. The van der Waals surface area contributed by atoms with Crippen LogP contribution in [0, 0.1) is 22.7 Å². The highest BCUT2D eigenvalue weighted by molar-refractivity contribution is 8.76. The first-order valence-corrected chi connectivity index (χ1v) is 15.7. The number of nitrogens with two attached hydrogens (primary N) is 2. The molecule has 46 heavy (non-hydrogen) atoms. The van der Waals surface area contributed by atoms with Crippen LogP contribution in [0.25, 0.3) is 22.8 Å². The fraction of sp³-hybridized carbons (Fsp3) is 0. The highest BCUT2D eigenvalue weighted by Gasteiger charge is 2.13. The van der Waals surface area contributed by atoms with Gasteiger partial charge in [-0.25, -0.2) is 0 Å². The Bertz CT molecular complexity index is 1990. The minimum absolute atomic E-state index is 0.0502. The summed E-state index contributed by atoms with van der Waals surface area (Å²) in [5.74, 6) is 1.35. The zero-order chi connectivity index (χ0) is 31.9. The topological polar surface area (TPSA) is 201 Å². The molecule has 0 unspecified atom stereocenters. The number of hydrogen-bond donors (Lipinski definition) is 4. The number of benzene rings is 4. The Hall–Kier alpha value is -6.22. The van der Waals surface area contributed by atoms with Gasteiger partial charge in [-0.3, -0.25) is 0 Å². The Morgan fingerprint density at radius 1 is 0.522 bits per heavy atom. The van der Waals surface area contributed by atoms with E-state index in [1.807, 2.05) is 60.7 Å². The molecule has 0 saturated heterocycles. The fourth-order valence-electron chi connectivity index (χ4n) is 4.23. The molecule has 0 fully saturated rings. The maximum absolute atomic E-state index is 9.28. The molecule has 222 valence electrons.